The molecule has 0 saturated carbocycles. The molecule has 1 aromatic heterocycles. The summed E-state index contributed by atoms with van der Waals surface area (Å²) in [4.78, 5) is 11.7. The lowest BCUT2D eigenvalue weighted by Crippen LogP contribution is -2.36. The number of amides is 1. The summed E-state index contributed by atoms with van der Waals surface area (Å²) >= 11 is 0. The first-order valence-corrected chi connectivity index (χ1v) is 7.04. The van der Waals surface area contributed by atoms with Crippen molar-refractivity contribution in [2.45, 2.75) is 32.4 Å². The van der Waals surface area contributed by atoms with Crippen LogP contribution in [0.5, 0.6) is 0 Å². The van der Waals surface area contributed by atoms with Gasteiger partial charge in [-0.05, 0) is 38.5 Å². The smallest absolute Gasteiger partial charge is 0.407 e. The van der Waals surface area contributed by atoms with Crippen LogP contribution in [0.1, 0.15) is 32.4 Å². The molecule has 114 valence electrons. The summed E-state index contributed by atoms with van der Waals surface area (Å²) in [5.74, 6) is 0. The van der Waals surface area contributed by atoms with Crippen molar-refractivity contribution in [3.05, 3.63) is 36.0 Å². The summed E-state index contributed by atoms with van der Waals surface area (Å²) in [5.41, 5.74) is 7.84. The predicted octanol–water partition coefficient (Wildman–Crippen LogP) is 2.70. The van der Waals surface area contributed by atoms with Gasteiger partial charge in [-0.15, -0.1) is 0 Å². The molecule has 5 nitrogen and oxygen atoms in total. The third kappa shape index (κ3) is 3.76. The number of hydrogen-bond acceptors (Lipinski definition) is 3. The van der Waals surface area contributed by atoms with Gasteiger partial charge in [-0.25, -0.2) is 4.79 Å². The van der Waals surface area contributed by atoms with Crippen LogP contribution in [-0.4, -0.2) is 22.8 Å². The molecule has 0 saturated heterocycles. The van der Waals surface area contributed by atoms with E-state index >= 15 is 0 Å². The Balaban J connectivity index is 2.06. The second-order valence-electron chi connectivity index (χ2n) is 6.20. The highest BCUT2D eigenvalue weighted by Gasteiger charge is 2.17. The van der Waals surface area contributed by atoms with E-state index in [1.807, 2.05) is 62.8 Å². The van der Waals surface area contributed by atoms with Crippen molar-refractivity contribution in [1.82, 2.24) is 9.88 Å². The molecule has 21 heavy (non-hydrogen) atoms. The number of alkyl carbamates (subject to hydrolysis) is 1. The van der Waals surface area contributed by atoms with Crippen molar-refractivity contribution in [3.63, 3.8) is 0 Å². The van der Waals surface area contributed by atoms with E-state index in [0.29, 0.717) is 6.54 Å². The quantitative estimate of drug-likeness (QED) is 0.912. The Labute approximate surface area is 125 Å². The van der Waals surface area contributed by atoms with Crippen molar-refractivity contribution in [3.8, 4) is 0 Å². The molecule has 5 heteroatoms. The molecule has 1 atom stereocenters. The number of nitrogens with two attached hydrogens (primary N) is 1. The van der Waals surface area contributed by atoms with E-state index in [9.17, 15) is 4.79 Å². The largest absolute Gasteiger partial charge is 0.444 e. The van der Waals surface area contributed by atoms with Crippen LogP contribution in [0.3, 0.4) is 0 Å². The number of carbonyl (C=O) groups excluding carboxylic acids is 1. The fraction of sp³-hybridized carbons (Fsp3) is 0.438. The minimum absolute atomic E-state index is 0.274. The molecular weight excluding hydrogens is 266 g/mol. The second-order valence-corrected chi connectivity index (χ2v) is 6.20. The van der Waals surface area contributed by atoms with E-state index in [4.69, 9.17) is 10.5 Å². The first-order valence-electron chi connectivity index (χ1n) is 7.04. The van der Waals surface area contributed by atoms with Gasteiger partial charge in [0.1, 0.15) is 5.60 Å². The molecule has 2 aromatic rings. The Bertz CT molecular complexity index is 640. The number of fused-ring (bicyclic) bond motifs is 1. The third-order valence-corrected chi connectivity index (χ3v) is 3.23. The molecule has 1 heterocycles. The van der Waals surface area contributed by atoms with Crippen LogP contribution >= 0.6 is 0 Å². The highest BCUT2D eigenvalue weighted by atomic mass is 16.6. The lowest BCUT2D eigenvalue weighted by Gasteiger charge is -2.21. The number of benzene rings is 1. The molecule has 1 unspecified atom stereocenters. The number of nitrogens with zero attached hydrogens (tertiary/aromatic N) is 1. The summed E-state index contributed by atoms with van der Waals surface area (Å²) < 4.78 is 7.25. The van der Waals surface area contributed by atoms with E-state index in [0.717, 1.165) is 16.5 Å². The fourth-order valence-electron chi connectivity index (χ4n) is 2.27. The number of rotatable bonds is 3. The molecule has 0 radical (unpaired) electrons. The molecule has 0 aliphatic carbocycles. The van der Waals surface area contributed by atoms with Gasteiger partial charge in [-0.2, -0.15) is 0 Å². The van der Waals surface area contributed by atoms with E-state index in [1.54, 1.807) is 0 Å². The molecule has 2 rings (SSSR count). The number of hydrogen-bond donors (Lipinski definition) is 2. The number of carbonyl (C=O) groups is 1. The highest BCUT2D eigenvalue weighted by molar-refractivity contribution is 5.84. The Morgan fingerprint density at radius 2 is 2.10 bits per heavy atom. The monoisotopic (exact) mass is 289 g/mol. The number of ether oxygens (including phenoxy) is 1. The first-order chi connectivity index (χ1) is 9.78. The van der Waals surface area contributed by atoms with Crippen molar-refractivity contribution in [2.24, 2.45) is 12.8 Å². The van der Waals surface area contributed by atoms with Gasteiger partial charge in [0.15, 0.2) is 0 Å². The Morgan fingerprint density at radius 3 is 2.76 bits per heavy atom. The normalized spacial score (nSPS) is 13.2. The van der Waals surface area contributed by atoms with Crippen LogP contribution in [-0.2, 0) is 11.8 Å². The minimum atomic E-state index is -0.506. The van der Waals surface area contributed by atoms with Gasteiger partial charge in [0.25, 0.3) is 0 Å². The maximum Gasteiger partial charge on any atom is 0.407 e. The number of nitrogens with one attached hydrogen (secondary N) is 1. The zero-order valence-electron chi connectivity index (χ0n) is 13.0. The minimum Gasteiger partial charge on any atom is -0.444 e. The van der Waals surface area contributed by atoms with E-state index in [2.05, 4.69) is 5.32 Å². The maximum atomic E-state index is 11.7. The van der Waals surface area contributed by atoms with Crippen LogP contribution in [0.2, 0.25) is 0 Å². The van der Waals surface area contributed by atoms with Gasteiger partial charge in [0.2, 0.25) is 0 Å². The lowest BCUT2D eigenvalue weighted by atomic mass is 10.0. The SMILES string of the molecule is Cn1ccc2c(C(N)CNC(=O)OC(C)(C)C)cccc21. The standard InChI is InChI=1S/C16H23N3O2/c1-16(2,3)21-15(20)18-10-13(17)11-6-5-7-14-12(11)8-9-19(14)4/h5-9,13H,10,17H2,1-4H3,(H,18,20). The van der Waals surface area contributed by atoms with Gasteiger partial charge in [0, 0.05) is 36.7 Å². The lowest BCUT2D eigenvalue weighted by molar-refractivity contribution is 0.0524. The first kappa shape index (κ1) is 15.4. The highest BCUT2D eigenvalue weighted by Crippen LogP contribution is 2.23. The zero-order chi connectivity index (χ0) is 15.6. The summed E-state index contributed by atoms with van der Waals surface area (Å²) in [5, 5.41) is 3.83. The molecular formula is C16H23N3O2. The van der Waals surface area contributed by atoms with E-state index in [-0.39, 0.29) is 6.04 Å². The zero-order valence-corrected chi connectivity index (χ0v) is 13.0. The van der Waals surface area contributed by atoms with Gasteiger partial charge >= 0.3 is 6.09 Å². The van der Waals surface area contributed by atoms with Crippen LogP contribution in [0.4, 0.5) is 4.79 Å². The van der Waals surface area contributed by atoms with E-state index in [1.165, 1.54) is 0 Å². The third-order valence-electron chi connectivity index (χ3n) is 3.23. The van der Waals surface area contributed by atoms with Crippen LogP contribution in [0, 0.1) is 0 Å². The van der Waals surface area contributed by atoms with Gasteiger partial charge < -0.3 is 20.4 Å². The van der Waals surface area contributed by atoms with Crippen molar-refractivity contribution >= 4 is 17.0 Å². The maximum absolute atomic E-state index is 11.7. The summed E-state index contributed by atoms with van der Waals surface area (Å²) in [6, 6.07) is 7.78. The van der Waals surface area contributed by atoms with E-state index < -0.39 is 11.7 Å². The van der Waals surface area contributed by atoms with Crippen LogP contribution in [0.15, 0.2) is 30.5 Å². The molecule has 1 aromatic carbocycles. The van der Waals surface area contributed by atoms with Crippen molar-refractivity contribution < 1.29 is 9.53 Å². The van der Waals surface area contributed by atoms with Crippen molar-refractivity contribution in [2.75, 3.05) is 6.54 Å². The molecule has 0 bridgehead atoms. The Hall–Kier alpha value is -2.01. The summed E-state index contributed by atoms with van der Waals surface area (Å²) in [6.07, 6.45) is 1.56. The number of aryl methyl sites for hydroxylation is 1. The van der Waals surface area contributed by atoms with Crippen molar-refractivity contribution in [1.29, 1.82) is 0 Å². The Morgan fingerprint density at radius 1 is 1.38 bits per heavy atom. The number of aromatic nitrogens is 1. The summed E-state index contributed by atoms with van der Waals surface area (Å²) in [7, 11) is 2.00. The Kier molecular flexibility index (Phi) is 4.23. The van der Waals surface area contributed by atoms with Gasteiger partial charge in [0.05, 0.1) is 0 Å². The molecule has 1 amide bonds. The summed E-state index contributed by atoms with van der Waals surface area (Å²) in [6.45, 7) is 5.83. The average Bonchev–Trinajstić information content (AvgIpc) is 2.76. The van der Waals surface area contributed by atoms with Crippen LogP contribution < -0.4 is 11.1 Å². The predicted molar refractivity (Wildman–Crippen MR) is 84.1 cm³/mol. The molecule has 0 fully saturated rings. The van der Waals surface area contributed by atoms with Crippen LogP contribution in [0.25, 0.3) is 10.9 Å². The molecule has 3 N–H and O–H groups in total. The molecule has 0 aliphatic heterocycles. The average molecular weight is 289 g/mol. The van der Waals surface area contributed by atoms with Gasteiger partial charge in [-0.3, -0.25) is 0 Å². The van der Waals surface area contributed by atoms with Gasteiger partial charge in [-0.1, -0.05) is 12.1 Å². The molecule has 0 spiro atoms. The topological polar surface area (TPSA) is 69.3 Å². The second kappa shape index (κ2) is 5.77. The molecule has 0 aliphatic rings. The fourth-order valence-corrected chi connectivity index (χ4v) is 2.27.